The Morgan fingerprint density at radius 2 is 2.25 bits per heavy atom. The van der Waals surface area contributed by atoms with Gasteiger partial charge in [-0.25, -0.2) is 0 Å². The van der Waals surface area contributed by atoms with Crippen molar-refractivity contribution in [1.82, 2.24) is 0 Å². The van der Waals surface area contributed by atoms with E-state index in [9.17, 15) is 5.26 Å². The van der Waals surface area contributed by atoms with Gasteiger partial charge in [0.05, 0.1) is 6.07 Å². The van der Waals surface area contributed by atoms with Crippen molar-refractivity contribution in [2.45, 2.75) is 49.0 Å². The second kappa shape index (κ2) is 3.03. The van der Waals surface area contributed by atoms with Gasteiger partial charge in [0.25, 0.3) is 0 Å². The van der Waals surface area contributed by atoms with E-state index in [0.717, 1.165) is 19.3 Å². The predicted octanol–water partition coefficient (Wildman–Crippen LogP) is 3.17. The van der Waals surface area contributed by atoms with Crippen molar-refractivity contribution in [3.8, 4) is 6.07 Å². The maximum absolute atomic E-state index is 9.39. The molecule has 0 aromatic heterocycles. The summed E-state index contributed by atoms with van der Waals surface area (Å²) in [7, 11) is 1.68. The lowest BCUT2D eigenvalue weighted by atomic mass is 9.55. The second-order valence-corrected chi connectivity index (χ2v) is 6.13. The van der Waals surface area contributed by atoms with Gasteiger partial charge < -0.3 is 4.74 Å². The molecule has 86 valence electrons. The molecule has 0 N–H and O–H groups in total. The van der Waals surface area contributed by atoms with E-state index in [-0.39, 0.29) is 5.41 Å². The second-order valence-electron chi connectivity index (χ2n) is 5.49. The molecule has 0 aliphatic heterocycles. The highest BCUT2D eigenvalue weighted by atomic mass is 35.5. The highest BCUT2D eigenvalue weighted by molar-refractivity contribution is 6.27. The molecule has 0 aromatic rings. The lowest BCUT2D eigenvalue weighted by Crippen LogP contribution is -2.59. The van der Waals surface area contributed by atoms with Crippen LogP contribution in [0, 0.1) is 16.7 Å². The SMILES string of the molecule is CO[C@]12C=C3CCC[C@@]3(CC1)CC2(Cl)C#N. The minimum absolute atomic E-state index is 0.234. The third-order valence-electron chi connectivity index (χ3n) is 4.96. The van der Waals surface area contributed by atoms with E-state index in [4.69, 9.17) is 16.3 Å². The van der Waals surface area contributed by atoms with E-state index >= 15 is 0 Å². The maximum atomic E-state index is 9.39. The Balaban J connectivity index is 2.17. The summed E-state index contributed by atoms with van der Waals surface area (Å²) in [5.74, 6) is 0. The molecular weight excluding hydrogens is 222 g/mol. The third kappa shape index (κ3) is 1.02. The predicted molar refractivity (Wildman–Crippen MR) is 62.2 cm³/mol. The Morgan fingerprint density at radius 3 is 2.94 bits per heavy atom. The molecule has 0 radical (unpaired) electrons. The van der Waals surface area contributed by atoms with Crippen LogP contribution >= 0.6 is 11.6 Å². The molecule has 4 aliphatic carbocycles. The van der Waals surface area contributed by atoms with Gasteiger partial charge in [-0.1, -0.05) is 23.3 Å². The molecule has 1 spiro atoms. The van der Waals surface area contributed by atoms with Crippen molar-refractivity contribution >= 4 is 11.6 Å². The molecular formula is C13H16ClNO. The molecule has 4 rings (SSSR count). The molecule has 3 heteroatoms. The Hall–Kier alpha value is -0.520. The lowest BCUT2D eigenvalue weighted by molar-refractivity contribution is -0.0536. The smallest absolute Gasteiger partial charge is 0.164 e. The average molecular weight is 238 g/mol. The molecule has 16 heavy (non-hydrogen) atoms. The summed E-state index contributed by atoms with van der Waals surface area (Å²) in [5, 5.41) is 9.39. The Bertz CT molecular complexity index is 413. The van der Waals surface area contributed by atoms with Crippen molar-refractivity contribution in [2.24, 2.45) is 5.41 Å². The van der Waals surface area contributed by atoms with Crippen LogP contribution in [0.25, 0.3) is 0 Å². The fraction of sp³-hybridized carbons (Fsp3) is 0.769. The molecule has 3 atom stereocenters. The van der Waals surface area contributed by atoms with Gasteiger partial charge in [0.15, 0.2) is 4.87 Å². The van der Waals surface area contributed by atoms with Gasteiger partial charge in [0, 0.05) is 7.11 Å². The zero-order valence-corrected chi connectivity index (χ0v) is 10.3. The Morgan fingerprint density at radius 1 is 1.44 bits per heavy atom. The van der Waals surface area contributed by atoms with Crippen LogP contribution in [0.5, 0.6) is 0 Å². The molecule has 2 nitrogen and oxygen atoms in total. The zero-order chi connectivity index (χ0) is 11.4. The number of ether oxygens (including phenoxy) is 1. The summed E-state index contributed by atoms with van der Waals surface area (Å²) in [6.07, 6.45) is 8.61. The fourth-order valence-electron chi connectivity index (χ4n) is 4.01. The van der Waals surface area contributed by atoms with Crippen molar-refractivity contribution in [3.63, 3.8) is 0 Å². The van der Waals surface area contributed by atoms with Crippen molar-refractivity contribution in [3.05, 3.63) is 11.6 Å². The third-order valence-corrected chi connectivity index (χ3v) is 5.50. The van der Waals surface area contributed by atoms with Gasteiger partial charge in [0.1, 0.15) is 5.60 Å². The first-order valence-electron chi connectivity index (χ1n) is 5.97. The summed E-state index contributed by atoms with van der Waals surface area (Å²) in [4.78, 5) is -0.853. The van der Waals surface area contributed by atoms with Gasteiger partial charge in [-0.3, -0.25) is 0 Å². The summed E-state index contributed by atoms with van der Waals surface area (Å²) in [5.41, 5.74) is 1.20. The molecule has 2 fully saturated rings. The first-order chi connectivity index (χ1) is 7.60. The van der Waals surface area contributed by atoms with Crippen LogP contribution in [-0.4, -0.2) is 17.6 Å². The van der Waals surface area contributed by atoms with Gasteiger partial charge in [0.2, 0.25) is 0 Å². The van der Waals surface area contributed by atoms with E-state index in [0.29, 0.717) is 0 Å². The number of nitriles is 1. The number of rotatable bonds is 1. The number of alkyl halides is 1. The van der Waals surface area contributed by atoms with E-state index in [1.807, 2.05) is 0 Å². The summed E-state index contributed by atoms with van der Waals surface area (Å²) in [6, 6.07) is 2.31. The molecule has 0 amide bonds. The number of methoxy groups -OCH3 is 1. The van der Waals surface area contributed by atoms with E-state index in [2.05, 4.69) is 12.1 Å². The maximum Gasteiger partial charge on any atom is 0.164 e. The fourth-order valence-corrected chi connectivity index (χ4v) is 4.49. The average Bonchev–Trinajstić information content (AvgIpc) is 2.70. The first-order valence-corrected chi connectivity index (χ1v) is 6.35. The molecule has 0 aromatic carbocycles. The summed E-state index contributed by atoms with van der Waals surface area (Å²) < 4.78 is 5.65. The molecule has 1 unspecified atom stereocenters. The van der Waals surface area contributed by atoms with Crippen LogP contribution in [0.4, 0.5) is 0 Å². The van der Waals surface area contributed by atoms with Crippen molar-refractivity contribution in [2.75, 3.05) is 7.11 Å². The van der Waals surface area contributed by atoms with Crippen LogP contribution in [-0.2, 0) is 4.74 Å². The molecule has 2 saturated carbocycles. The van der Waals surface area contributed by atoms with Gasteiger partial charge in [-0.2, -0.15) is 5.26 Å². The lowest BCUT2D eigenvalue weighted by Gasteiger charge is -2.55. The van der Waals surface area contributed by atoms with Crippen molar-refractivity contribution in [1.29, 1.82) is 5.26 Å². The number of hydrogen-bond donors (Lipinski definition) is 0. The van der Waals surface area contributed by atoms with Gasteiger partial charge in [-0.15, -0.1) is 0 Å². The van der Waals surface area contributed by atoms with Crippen LogP contribution in [0.15, 0.2) is 11.6 Å². The Kier molecular flexibility index (Phi) is 2.01. The minimum atomic E-state index is -0.853. The van der Waals surface area contributed by atoms with E-state index < -0.39 is 10.5 Å². The standard InChI is InChI=1S/C13H16ClNO/c1-16-13-6-5-11(8-12(13,14)9-15)4-2-3-10(11)7-13/h7H,2-6,8H2,1H3/t11-,12?,13+/m1/s1. The number of hydrogen-bond acceptors (Lipinski definition) is 2. The highest BCUT2D eigenvalue weighted by Gasteiger charge is 2.64. The molecule has 0 saturated heterocycles. The normalized spacial score (nSPS) is 49.7. The minimum Gasteiger partial charge on any atom is -0.371 e. The topological polar surface area (TPSA) is 33.0 Å². The van der Waals surface area contributed by atoms with Crippen LogP contribution in [0.1, 0.15) is 38.5 Å². The molecule has 2 bridgehead atoms. The molecule has 4 aliphatic rings. The highest BCUT2D eigenvalue weighted by Crippen LogP contribution is 2.64. The first kappa shape index (κ1) is 10.6. The molecule has 0 heterocycles. The quantitative estimate of drug-likeness (QED) is 0.518. The van der Waals surface area contributed by atoms with Crippen molar-refractivity contribution < 1.29 is 4.74 Å². The van der Waals surface area contributed by atoms with E-state index in [1.165, 1.54) is 24.8 Å². The number of nitrogens with zero attached hydrogens (tertiary/aromatic N) is 1. The number of halogens is 1. The Labute approximate surface area is 101 Å². The number of allylic oxidation sites excluding steroid dienone is 1. The summed E-state index contributed by atoms with van der Waals surface area (Å²) >= 11 is 6.54. The van der Waals surface area contributed by atoms with Crippen LogP contribution in [0.2, 0.25) is 0 Å². The number of fused-ring (bicyclic) bond motifs is 2. The zero-order valence-electron chi connectivity index (χ0n) is 9.55. The summed E-state index contributed by atoms with van der Waals surface area (Å²) in [6.45, 7) is 0. The van der Waals surface area contributed by atoms with E-state index in [1.54, 1.807) is 7.11 Å². The van der Waals surface area contributed by atoms with Gasteiger partial charge in [-0.05, 0) is 43.9 Å². The largest absolute Gasteiger partial charge is 0.371 e. The van der Waals surface area contributed by atoms with Crippen LogP contribution < -0.4 is 0 Å². The van der Waals surface area contributed by atoms with Gasteiger partial charge >= 0.3 is 0 Å². The monoisotopic (exact) mass is 237 g/mol. The van der Waals surface area contributed by atoms with Crippen LogP contribution in [0.3, 0.4) is 0 Å².